The van der Waals surface area contributed by atoms with Crippen LogP contribution in [0.3, 0.4) is 0 Å². The third kappa shape index (κ3) is 2.68. The average Bonchev–Trinajstić information content (AvgIpc) is 2.57. The number of halogens is 1. The van der Waals surface area contributed by atoms with Gasteiger partial charge in [-0.25, -0.2) is 14.4 Å². The Morgan fingerprint density at radius 2 is 2.17 bits per heavy atom. The zero-order valence-electron chi connectivity index (χ0n) is 13.4. The molecular formula is C17H17FN4O2. The normalized spacial score (nSPS) is 11.0. The van der Waals surface area contributed by atoms with Crippen LogP contribution in [0.4, 0.5) is 10.2 Å². The number of aromatic nitrogens is 3. The molecule has 7 heteroatoms. The SMILES string of the molecule is CCCn1ccc2cc(-c3ncc(OC)c(N)n3)c(F)cc2c1=O. The number of hydrogen-bond donors (Lipinski definition) is 1. The molecule has 2 heterocycles. The molecule has 0 bridgehead atoms. The number of ether oxygens (including phenoxy) is 1. The molecule has 2 N–H and O–H groups in total. The van der Waals surface area contributed by atoms with Crippen LogP contribution in [-0.2, 0) is 6.54 Å². The second kappa shape index (κ2) is 6.27. The molecule has 0 fully saturated rings. The Hall–Kier alpha value is -2.96. The standard InChI is InChI=1S/C17H17FN4O2/c1-3-5-22-6-4-10-7-12(13(18)8-11(10)17(22)23)16-20-9-14(24-2)15(19)21-16/h4,6-9H,3,5H2,1-2H3,(H2,19,20,21). The van der Waals surface area contributed by atoms with Gasteiger partial charge in [-0.15, -0.1) is 0 Å². The third-order valence-corrected chi connectivity index (χ3v) is 3.77. The van der Waals surface area contributed by atoms with Crippen molar-refractivity contribution in [3.05, 3.63) is 46.8 Å². The summed E-state index contributed by atoms with van der Waals surface area (Å²) in [6.07, 6.45) is 3.92. The van der Waals surface area contributed by atoms with Crippen LogP contribution < -0.4 is 16.0 Å². The molecule has 2 aromatic heterocycles. The number of benzene rings is 1. The number of pyridine rings is 1. The zero-order valence-corrected chi connectivity index (χ0v) is 13.4. The predicted molar refractivity (Wildman–Crippen MR) is 90.4 cm³/mol. The maximum absolute atomic E-state index is 14.5. The molecule has 0 aliphatic rings. The second-order valence-corrected chi connectivity index (χ2v) is 5.38. The molecule has 0 atom stereocenters. The van der Waals surface area contributed by atoms with Gasteiger partial charge in [0.05, 0.1) is 24.3 Å². The summed E-state index contributed by atoms with van der Waals surface area (Å²) in [5, 5.41) is 0.954. The lowest BCUT2D eigenvalue weighted by Crippen LogP contribution is -2.19. The van der Waals surface area contributed by atoms with E-state index < -0.39 is 5.82 Å². The van der Waals surface area contributed by atoms with E-state index in [4.69, 9.17) is 10.5 Å². The maximum atomic E-state index is 14.5. The van der Waals surface area contributed by atoms with Crippen molar-refractivity contribution in [1.29, 1.82) is 0 Å². The van der Waals surface area contributed by atoms with E-state index in [1.807, 2.05) is 6.92 Å². The van der Waals surface area contributed by atoms with Gasteiger partial charge in [-0.05, 0) is 30.0 Å². The first-order chi connectivity index (χ1) is 11.5. The maximum Gasteiger partial charge on any atom is 0.258 e. The van der Waals surface area contributed by atoms with Crippen LogP contribution in [-0.4, -0.2) is 21.6 Å². The molecule has 124 valence electrons. The Morgan fingerprint density at radius 1 is 1.38 bits per heavy atom. The summed E-state index contributed by atoms with van der Waals surface area (Å²) >= 11 is 0. The second-order valence-electron chi connectivity index (χ2n) is 5.38. The van der Waals surface area contributed by atoms with Crippen LogP contribution in [0.1, 0.15) is 13.3 Å². The lowest BCUT2D eigenvalue weighted by Gasteiger charge is -2.09. The summed E-state index contributed by atoms with van der Waals surface area (Å²) in [6.45, 7) is 2.57. The minimum absolute atomic E-state index is 0.125. The molecule has 1 aromatic carbocycles. The van der Waals surface area contributed by atoms with E-state index in [9.17, 15) is 9.18 Å². The Kier molecular flexibility index (Phi) is 4.16. The van der Waals surface area contributed by atoms with Crippen molar-refractivity contribution in [2.24, 2.45) is 0 Å². The lowest BCUT2D eigenvalue weighted by atomic mass is 10.1. The van der Waals surface area contributed by atoms with Crippen molar-refractivity contribution >= 4 is 16.6 Å². The Morgan fingerprint density at radius 3 is 2.83 bits per heavy atom. The summed E-state index contributed by atoms with van der Waals surface area (Å²) in [5.41, 5.74) is 5.73. The van der Waals surface area contributed by atoms with Crippen LogP contribution in [0, 0.1) is 5.82 Å². The van der Waals surface area contributed by atoms with Crippen molar-refractivity contribution < 1.29 is 9.13 Å². The first-order valence-corrected chi connectivity index (χ1v) is 7.54. The van der Waals surface area contributed by atoms with Crippen molar-refractivity contribution in [1.82, 2.24) is 14.5 Å². The number of methoxy groups -OCH3 is 1. The van der Waals surface area contributed by atoms with E-state index in [0.29, 0.717) is 23.1 Å². The number of nitrogens with zero attached hydrogens (tertiary/aromatic N) is 3. The van der Waals surface area contributed by atoms with E-state index in [2.05, 4.69) is 9.97 Å². The van der Waals surface area contributed by atoms with Crippen LogP contribution in [0.5, 0.6) is 5.75 Å². The number of nitrogen functional groups attached to an aromatic ring is 1. The van der Waals surface area contributed by atoms with Gasteiger partial charge in [0.2, 0.25) is 0 Å². The fraction of sp³-hybridized carbons (Fsp3) is 0.235. The van der Waals surface area contributed by atoms with E-state index >= 15 is 0 Å². The summed E-state index contributed by atoms with van der Waals surface area (Å²) < 4.78 is 21.1. The molecule has 0 amide bonds. The van der Waals surface area contributed by atoms with Gasteiger partial charge in [-0.3, -0.25) is 4.79 Å². The molecule has 24 heavy (non-hydrogen) atoms. The van der Waals surface area contributed by atoms with Gasteiger partial charge < -0.3 is 15.0 Å². The number of hydrogen-bond acceptors (Lipinski definition) is 5. The van der Waals surface area contributed by atoms with Crippen LogP contribution in [0.25, 0.3) is 22.2 Å². The number of rotatable bonds is 4. The Bertz CT molecular complexity index is 969. The van der Waals surface area contributed by atoms with Crippen LogP contribution in [0.15, 0.2) is 35.4 Å². The topological polar surface area (TPSA) is 83.0 Å². The van der Waals surface area contributed by atoms with Gasteiger partial charge in [-0.2, -0.15) is 0 Å². The fourth-order valence-electron chi connectivity index (χ4n) is 2.57. The lowest BCUT2D eigenvalue weighted by molar-refractivity contribution is 0.413. The summed E-state index contributed by atoms with van der Waals surface area (Å²) in [7, 11) is 1.45. The minimum atomic E-state index is -0.571. The molecule has 0 saturated carbocycles. The number of anilines is 1. The van der Waals surface area contributed by atoms with Gasteiger partial charge >= 0.3 is 0 Å². The van der Waals surface area contributed by atoms with Gasteiger partial charge in [0.25, 0.3) is 5.56 Å². The van der Waals surface area contributed by atoms with Crippen molar-refractivity contribution in [2.75, 3.05) is 12.8 Å². The molecule has 0 spiro atoms. The van der Waals surface area contributed by atoms with E-state index in [1.165, 1.54) is 19.4 Å². The molecule has 0 aliphatic heterocycles. The van der Waals surface area contributed by atoms with Gasteiger partial charge in [0.15, 0.2) is 17.4 Å². The van der Waals surface area contributed by atoms with Gasteiger partial charge in [0.1, 0.15) is 5.82 Å². The molecule has 3 rings (SSSR count). The Balaban J connectivity index is 2.17. The average molecular weight is 328 g/mol. The Labute approximate surface area is 137 Å². The van der Waals surface area contributed by atoms with Crippen LogP contribution >= 0.6 is 0 Å². The van der Waals surface area contributed by atoms with Crippen molar-refractivity contribution in [3.63, 3.8) is 0 Å². The molecular weight excluding hydrogens is 311 g/mol. The molecule has 6 nitrogen and oxygen atoms in total. The third-order valence-electron chi connectivity index (χ3n) is 3.77. The van der Waals surface area contributed by atoms with Crippen molar-refractivity contribution in [3.8, 4) is 17.1 Å². The van der Waals surface area contributed by atoms with Gasteiger partial charge in [0, 0.05) is 12.7 Å². The highest BCUT2D eigenvalue weighted by atomic mass is 19.1. The molecule has 0 unspecified atom stereocenters. The van der Waals surface area contributed by atoms with Crippen LogP contribution in [0.2, 0.25) is 0 Å². The van der Waals surface area contributed by atoms with Gasteiger partial charge in [-0.1, -0.05) is 6.92 Å². The smallest absolute Gasteiger partial charge is 0.258 e. The quantitative estimate of drug-likeness (QED) is 0.796. The van der Waals surface area contributed by atoms with E-state index in [-0.39, 0.29) is 22.8 Å². The highest BCUT2D eigenvalue weighted by Gasteiger charge is 2.14. The molecule has 0 aliphatic carbocycles. The summed E-state index contributed by atoms with van der Waals surface area (Å²) in [5.74, 6) is 0.0200. The number of nitrogens with two attached hydrogens (primary N) is 1. The largest absolute Gasteiger partial charge is 0.491 e. The summed E-state index contributed by atoms with van der Waals surface area (Å²) in [6, 6.07) is 4.56. The highest BCUT2D eigenvalue weighted by Crippen LogP contribution is 2.27. The van der Waals surface area contributed by atoms with Crippen molar-refractivity contribution in [2.45, 2.75) is 19.9 Å². The minimum Gasteiger partial charge on any atom is -0.491 e. The molecule has 0 radical (unpaired) electrons. The molecule has 0 saturated heterocycles. The monoisotopic (exact) mass is 328 g/mol. The van der Waals surface area contributed by atoms with E-state index in [0.717, 1.165) is 6.42 Å². The zero-order chi connectivity index (χ0) is 17.3. The predicted octanol–water partition coefficient (Wildman–Crippen LogP) is 2.60. The highest BCUT2D eigenvalue weighted by molar-refractivity contribution is 5.86. The fourth-order valence-corrected chi connectivity index (χ4v) is 2.57. The number of fused-ring (bicyclic) bond motifs is 1. The molecule has 3 aromatic rings. The van der Waals surface area contributed by atoms with E-state index in [1.54, 1.807) is 22.9 Å². The first kappa shape index (κ1) is 15.9. The number of aryl methyl sites for hydroxylation is 1. The summed E-state index contributed by atoms with van der Waals surface area (Å²) in [4.78, 5) is 20.5. The first-order valence-electron chi connectivity index (χ1n) is 7.54.